The molecule has 4 nitrogen and oxygen atoms in total. The third-order valence-corrected chi connectivity index (χ3v) is 2.81. The summed E-state index contributed by atoms with van der Waals surface area (Å²) in [5.74, 6) is 0.341. The van der Waals surface area contributed by atoms with E-state index in [1.54, 1.807) is 19.2 Å². The van der Waals surface area contributed by atoms with E-state index in [0.29, 0.717) is 11.4 Å². The van der Waals surface area contributed by atoms with Crippen LogP contribution in [0.2, 0.25) is 0 Å². The van der Waals surface area contributed by atoms with Gasteiger partial charge >= 0.3 is 0 Å². The lowest BCUT2D eigenvalue weighted by atomic mass is 10.0. The van der Waals surface area contributed by atoms with Gasteiger partial charge in [0.15, 0.2) is 0 Å². The first-order chi connectivity index (χ1) is 9.74. The van der Waals surface area contributed by atoms with Crippen LogP contribution in [0.4, 0.5) is 5.69 Å². The zero-order valence-electron chi connectivity index (χ0n) is 11.1. The molecular weight excluding hydrogens is 252 g/mol. The van der Waals surface area contributed by atoms with Crippen LogP contribution >= 0.6 is 0 Å². The molecule has 0 aliphatic carbocycles. The molecule has 0 spiro atoms. The van der Waals surface area contributed by atoms with Gasteiger partial charge in [-0.2, -0.15) is 5.26 Å². The van der Waals surface area contributed by atoms with Crippen LogP contribution in [0, 0.1) is 11.3 Å². The first-order valence-electron chi connectivity index (χ1n) is 6.15. The van der Waals surface area contributed by atoms with Crippen LogP contribution in [0.25, 0.3) is 11.1 Å². The molecule has 0 saturated carbocycles. The lowest BCUT2D eigenvalue weighted by molar-refractivity contribution is -0.115. The smallest absolute Gasteiger partial charge is 0.238 e. The van der Waals surface area contributed by atoms with Crippen molar-refractivity contribution in [3.63, 3.8) is 0 Å². The summed E-state index contributed by atoms with van der Waals surface area (Å²) in [6.07, 6.45) is -0.164. The number of hydrogen-bond donors (Lipinski definition) is 1. The van der Waals surface area contributed by atoms with E-state index < -0.39 is 0 Å². The Hall–Kier alpha value is -2.80. The minimum absolute atomic E-state index is 0.164. The summed E-state index contributed by atoms with van der Waals surface area (Å²) < 4.78 is 5.37. The maximum absolute atomic E-state index is 11.4. The molecule has 2 rings (SSSR count). The first-order valence-corrected chi connectivity index (χ1v) is 6.15. The van der Waals surface area contributed by atoms with E-state index in [0.717, 1.165) is 11.1 Å². The van der Waals surface area contributed by atoms with Crippen LogP contribution in [0.1, 0.15) is 6.42 Å². The van der Waals surface area contributed by atoms with Crippen LogP contribution in [-0.4, -0.2) is 13.0 Å². The van der Waals surface area contributed by atoms with Crippen molar-refractivity contribution in [2.24, 2.45) is 0 Å². The second-order valence-corrected chi connectivity index (χ2v) is 4.16. The lowest BCUT2D eigenvalue weighted by Gasteiger charge is -2.11. The van der Waals surface area contributed by atoms with Crippen molar-refractivity contribution in [2.75, 3.05) is 12.4 Å². The number of nitrogens with zero attached hydrogens (tertiary/aromatic N) is 1. The third kappa shape index (κ3) is 3.15. The second kappa shape index (κ2) is 6.39. The quantitative estimate of drug-likeness (QED) is 0.924. The van der Waals surface area contributed by atoms with E-state index in [9.17, 15) is 4.79 Å². The highest BCUT2D eigenvalue weighted by Crippen LogP contribution is 2.32. The Labute approximate surface area is 117 Å². The average Bonchev–Trinajstić information content (AvgIpc) is 2.48. The van der Waals surface area contributed by atoms with Gasteiger partial charge in [0.05, 0.1) is 13.2 Å². The number of rotatable bonds is 4. The number of methoxy groups -OCH3 is 1. The first kappa shape index (κ1) is 13.6. The zero-order valence-corrected chi connectivity index (χ0v) is 11.1. The molecule has 1 amide bonds. The Balaban J connectivity index is 2.30. The van der Waals surface area contributed by atoms with Crippen LogP contribution < -0.4 is 10.1 Å². The van der Waals surface area contributed by atoms with Gasteiger partial charge in [0.25, 0.3) is 0 Å². The van der Waals surface area contributed by atoms with Gasteiger partial charge in [-0.25, -0.2) is 0 Å². The molecule has 0 fully saturated rings. The highest BCUT2D eigenvalue weighted by atomic mass is 16.5. The van der Waals surface area contributed by atoms with Crippen LogP contribution in [0.15, 0.2) is 48.5 Å². The SMILES string of the molecule is COc1cc(NC(=O)CC#N)ccc1-c1ccccc1. The van der Waals surface area contributed by atoms with Crippen molar-refractivity contribution in [1.29, 1.82) is 5.26 Å². The summed E-state index contributed by atoms with van der Waals surface area (Å²) in [4.78, 5) is 11.4. The van der Waals surface area contributed by atoms with Gasteiger partial charge in [-0.15, -0.1) is 0 Å². The molecule has 20 heavy (non-hydrogen) atoms. The number of ether oxygens (including phenoxy) is 1. The molecule has 0 aliphatic rings. The molecule has 1 N–H and O–H groups in total. The van der Waals surface area contributed by atoms with Crippen molar-refractivity contribution >= 4 is 11.6 Å². The second-order valence-electron chi connectivity index (χ2n) is 4.16. The Morgan fingerprint density at radius 2 is 2.00 bits per heavy atom. The number of nitriles is 1. The Morgan fingerprint density at radius 1 is 1.25 bits per heavy atom. The van der Waals surface area contributed by atoms with Gasteiger partial charge in [-0.1, -0.05) is 30.3 Å². The van der Waals surface area contributed by atoms with Gasteiger partial charge in [0, 0.05) is 17.3 Å². The van der Waals surface area contributed by atoms with Crippen molar-refractivity contribution in [2.45, 2.75) is 6.42 Å². The van der Waals surface area contributed by atoms with Crippen LogP contribution in [-0.2, 0) is 4.79 Å². The summed E-state index contributed by atoms with van der Waals surface area (Å²) in [5, 5.41) is 11.1. The zero-order chi connectivity index (χ0) is 14.4. The highest BCUT2D eigenvalue weighted by molar-refractivity contribution is 5.92. The van der Waals surface area contributed by atoms with E-state index in [-0.39, 0.29) is 12.3 Å². The average molecular weight is 266 g/mol. The number of benzene rings is 2. The van der Waals surface area contributed by atoms with E-state index in [4.69, 9.17) is 10.00 Å². The Morgan fingerprint density at radius 3 is 2.65 bits per heavy atom. The Bertz CT molecular complexity index is 645. The third-order valence-electron chi connectivity index (χ3n) is 2.81. The molecule has 0 heterocycles. The molecule has 100 valence electrons. The normalized spacial score (nSPS) is 9.60. The number of amides is 1. The number of carbonyl (C=O) groups is 1. The van der Waals surface area contributed by atoms with Gasteiger partial charge in [0.1, 0.15) is 12.2 Å². The van der Waals surface area contributed by atoms with Gasteiger partial charge in [0.2, 0.25) is 5.91 Å². The minimum Gasteiger partial charge on any atom is -0.496 e. The summed E-state index contributed by atoms with van der Waals surface area (Å²) in [6, 6.07) is 17.1. The summed E-state index contributed by atoms with van der Waals surface area (Å²) in [7, 11) is 1.59. The van der Waals surface area contributed by atoms with Gasteiger partial charge < -0.3 is 10.1 Å². The predicted molar refractivity (Wildman–Crippen MR) is 77.3 cm³/mol. The summed E-state index contributed by atoms with van der Waals surface area (Å²) in [5.41, 5.74) is 2.60. The van der Waals surface area contributed by atoms with Crippen molar-refractivity contribution in [3.05, 3.63) is 48.5 Å². The standard InChI is InChI=1S/C16H14N2O2/c1-20-15-11-13(18-16(19)9-10-17)7-8-14(15)12-5-3-2-4-6-12/h2-8,11H,9H2,1H3,(H,18,19). The fourth-order valence-corrected chi connectivity index (χ4v) is 1.90. The van der Waals surface area contributed by atoms with E-state index >= 15 is 0 Å². The molecule has 4 heteroatoms. The molecule has 0 unspecified atom stereocenters. The van der Waals surface area contributed by atoms with Crippen LogP contribution in [0.5, 0.6) is 5.75 Å². The predicted octanol–water partition coefficient (Wildman–Crippen LogP) is 3.21. The lowest BCUT2D eigenvalue weighted by Crippen LogP contribution is -2.10. The van der Waals surface area contributed by atoms with E-state index in [1.807, 2.05) is 42.5 Å². The van der Waals surface area contributed by atoms with Gasteiger partial charge in [-0.3, -0.25) is 4.79 Å². The number of carbonyl (C=O) groups excluding carboxylic acids is 1. The van der Waals surface area contributed by atoms with Crippen molar-refractivity contribution in [1.82, 2.24) is 0 Å². The molecule has 0 atom stereocenters. The molecule has 0 radical (unpaired) electrons. The maximum Gasteiger partial charge on any atom is 0.238 e. The molecule has 0 aromatic heterocycles. The van der Waals surface area contributed by atoms with Gasteiger partial charge in [-0.05, 0) is 17.7 Å². The molecule has 2 aromatic rings. The number of anilines is 1. The van der Waals surface area contributed by atoms with Crippen LogP contribution in [0.3, 0.4) is 0 Å². The van der Waals surface area contributed by atoms with Crippen molar-refractivity contribution in [3.8, 4) is 22.9 Å². The van der Waals surface area contributed by atoms with E-state index in [1.165, 1.54) is 0 Å². The monoisotopic (exact) mass is 266 g/mol. The number of hydrogen-bond acceptors (Lipinski definition) is 3. The summed E-state index contributed by atoms with van der Waals surface area (Å²) >= 11 is 0. The topological polar surface area (TPSA) is 62.1 Å². The fourth-order valence-electron chi connectivity index (χ4n) is 1.90. The maximum atomic E-state index is 11.4. The molecule has 0 saturated heterocycles. The minimum atomic E-state index is -0.331. The fraction of sp³-hybridized carbons (Fsp3) is 0.125. The molecule has 2 aromatic carbocycles. The Kier molecular flexibility index (Phi) is 4.35. The molecular formula is C16H14N2O2. The largest absolute Gasteiger partial charge is 0.496 e. The number of nitrogens with one attached hydrogen (secondary N) is 1. The van der Waals surface area contributed by atoms with E-state index in [2.05, 4.69) is 5.32 Å². The van der Waals surface area contributed by atoms with Crippen molar-refractivity contribution < 1.29 is 9.53 Å². The molecule has 0 bridgehead atoms. The highest BCUT2D eigenvalue weighted by Gasteiger charge is 2.08. The molecule has 0 aliphatic heterocycles. The summed E-state index contributed by atoms with van der Waals surface area (Å²) in [6.45, 7) is 0.